The molecule has 116 valence electrons. The summed E-state index contributed by atoms with van der Waals surface area (Å²) < 4.78 is 2.08. The standard InChI is InChI=1S/C15H14N6OS/c22-14(19-10-2-3-12-16-6-7-21(12)8-10)11-9-23-15(20-11)13-17-4-1-5-18-13/h1,4-7,9-10H,2-3,8H2,(H,19,22)/t10-/m0/s1. The van der Waals surface area contributed by atoms with Crippen LogP contribution in [0.4, 0.5) is 0 Å². The summed E-state index contributed by atoms with van der Waals surface area (Å²) in [6.07, 6.45) is 8.83. The summed E-state index contributed by atoms with van der Waals surface area (Å²) in [6, 6.07) is 1.85. The summed E-state index contributed by atoms with van der Waals surface area (Å²) in [5.74, 6) is 1.46. The smallest absolute Gasteiger partial charge is 0.271 e. The molecule has 3 aromatic rings. The van der Waals surface area contributed by atoms with E-state index in [4.69, 9.17) is 0 Å². The van der Waals surface area contributed by atoms with Gasteiger partial charge < -0.3 is 9.88 Å². The Kier molecular flexibility index (Phi) is 3.58. The SMILES string of the molecule is O=C(N[C@H]1CCc2nccn2C1)c1csc(-c2ncccn2)n1. The van der Waals surface area contributed by atoms with Crippen LogP contribution in [-0.2, 0) is 13.0 Å². The molecule has 4 rings (SSSR count). The summed E-state index contributed by atoms with van der Waals surface area (Å²) in [5, 5.41) is 5.44. The molecule has 0 spiro atoms. The molecule has 23 heavy (non-hydrogen) atoms. The fourth-order valence-electron chi connectivity index (χ4n) is 2.63. The van der Waals surface area contributed by atoms with E-state index in [9.17, 15) is 4.79 Å². The first-order chi connectivity index (χ1) is 11.3. The number of fused-ring (bicyclic) bond motifs is 1. The fourth-order valence-corrected chi connectivity index (χ4v) is 3.38. The van der Waals surface area contributed by atoms with Gasteiger partial charge in [-0.25, -0.2) is 19.9 Å². The molecule has 1 atom stereocenters. The molecule has 3 aromatic heterocycles. The Hall–Kier alpha value is -2.61. The van der Waals surface area contributed by atoms with E-state index in [0.29, 0.717) is 16.5 Å². The lowest BCUT2D eigenvalue weighted by atomic mass is 10.1. The molecule has 1 N–H and O–H groups in total. The van der Waals surface area contributed by atoms with Gasteiger partial charge in [0.2, 0.25) is 0 Å². The minimum atomic E-state index is -0.156. The van der Waals surface area contributed by atoms with Gasteiger partial charge in [0.1, 0.15) is 11.5 Å². The van der Waals surface area contributed by atoms with Gasteiger partial charge in [0.15, 0.2) is 10.8 Å². The molecule has 0 fully saturated rings. The lowest BCUT2D eigenvalue weighted by Crippen LogP contribution is -2.41. The summed E-state index contributed by atoms with van der Waals surface area (Å²) in [5.41, 5.74) is 0.411. The minimum absolute atomic E-state index is 0.0994. The molecule has 0 aliphatic carbocycles. The van der Waals surface area contributed by atoms with Crippen molar-refractivity contribution in [1.29, 1.82) is 0 Å². The molecule has 4 heterocycles. The van der Waals surface area contributed by atoms with Gasteiger partial charge in [-0.1, -0.05) is 0 Å². The predicted octanol–water partition coefficient (Wildman–Crippen LogP) is 1.54. The average Bonchev–Trinajstić information content (AvgIpc) is 3.24. The molecule has 0 unspecified atom stereocenters. The fraction of sp³-hybridized carbons (Fsp3) is 0.267. The highest BCUT2D eigenvalue weighted by atomic mass is 32.1. The van der Waals surface area contributed by atoms with Crippen molar-refractivity contribution in [3.63, 3.8) is 0 Å². The maximum atomic E-state index is 12.4. The largest absolute Gasteiger partial charge is 0.346 e. The van der Waals surface area contributed by atoms with E-state index < -0.39 is 0 Å². The van der Waals surface area contributed by atoms with Crippen molar-refractivity contribution in [3.05, 3.63) is 47.8 Å². The van der Waals surface area contributed by atoms with Gasteiger partial charge in [0.05, 0.1) is 0 Å². The lowest BCUT2D eigenvalue weighted by Gasteiger charge is -2.24. The van der Waals surface area contributed by atoms with Crippen LogP contribution in [0.3, 0.4) is 0 Å². The minimum Gasteiger partial charge on any atom is -0.346 e. The average molecular weight is 326 g/mol. The summed E-state index contributed by atoms with van der Waals surface area (Å²) in [6.45, 7) is 0.750. The number of aryl methyl sites for hydroxylation is 1. The number of thiazole rings is 1. The maximum absolute atomic E-state index is 12.4. The highest BCUT2D eigenvalue weighted by Crippen LogP contribution is 2.20. The van der Waals surface area contributed by atoms with E-state index >= 15 is 0 Å². The van der Waals surface area contributed by atoms with Crippen molar-refractivity contribution in [2.45, 2.75) is 25.4 Å². The summed E-state index contributed by atoms with van der Waals surface area (Å²) >= 11 is 1.37. The van der Waals surface area contributed by atoms with Gasteiger partial charge in [-0.05, 0) is 12.5 Å². The van der Waals surface area contributed by atoms with Gasteiger partial charge >= 0.3 is 0 Å². The third-order valence-electron chi connectivity index (χ3n) is 3.76. The second-order valence-corrected chi connectivity index (χ2v) is 6.17. The highest BCUT2D eigenvalue weighted by Gasteiger charge is 2.22. The number of hydrogen-bond donors (Lipinski definition) is 1. The molecular formula is C15H14N6OS. The highest BCUT2D eigenvalue weighted by molar-refractivity contribution is 7.13. The Labute approximate surface area is 136 Å². The molecule has 0 radical (unpaired) electrons. The van der Waals surface area contributed by atoms with Crippen molar-refractivity contribution in [3.8, 4) is 10.8 Å². The van der Waals surface area contributed by atoms with Gasteiger partial charge in [0.25, 0.3) is 5.91 Å². The monoisotopic (exact) mass is 326 g/mol. The number of imidazole rings is 1. The second kappa shape index (κ2) is 5.88. The number of carbonyl (C=O) groups is 1. The first kappa shape index (κ1) is 14.0. The lowest BCUT2D eigenvalue weighted by molar-refractivity contribution is 0.0923. The normalized spacial score (nSPS) is 16.8. The van der Waals surface area contributed by atoms with E-state index in [0.717, 1.165) is 25.2 Å². The van der Waals surface area contributed by atoms with Crippen LogP contribution in [0.5, 0.6) is 0 Å². The Morgan fingerprint density at radius 2 is 2.13 bits per heavy atom. The molecule has 1 aliphatic heterocycles. The maximum Gasteiger partial charge on any atom is 0.271 e. The van der Waals surface area contributed by atoms with E-state index in [1.807, 2.05) is 6.20 Å². The number of rotatable bonds is 3. The van der Waals surface area contributed by atoms with E-state index in [2.05, 4.69) is 29.8 Å². The molecule has 0 bridgehead atoms. The zero-order chi connectivity index (χ0) is 15.6. The molecule has 7 nitrogen and oxygen atoms in total. The first-order valence-electron chi connectivity index (χ1n) is 7.33. The van der Waals surface area contributed by atoms with Crippen LogP contribution in [0.2, 0.25) is 0 Å². The zero-order valence-electron chi connectivity index (χ0n) is 12.2. The van der Waals surface area contributed by atoms with Crippen molar-refractivity contribution < 1.29 is 4.79 Å². The van der Waals surface area contributed by atoms with Crippen LogP contribution in [0.1, 0.15) is 22.7 Å². The van der Waals surface area contributed by atoms with Crippen molar-refractivity contribution in [2.24, 2.45) is 0 Å². The second-order valence-electron chi connectivity index (χ2n) is 5.32. The molecule has 0 saturated heterocycles. The van der Waals surface area contributed by atoms with Crippen LogP contribution >= 0.6 is 11.3 Å². The number of hydrogen-bond acceptors (Lipinski definition) is 6. The predicted molar refractivity (Wildman–Crippen MR) is 84.9 cm³/mol. The van der Waals surface area contributed by atoms with Crippen molar-refractivity contribution >= 4 is 17.2 Å². The summed E-state index contributed by atoms with van der Waals surface area (Å²) in [4.78, 5) is 29.3. The Balaban J connectivity index is 1.45. The van der Waals surface area contributed by atoms with E-state index in [-0.39, 0.29) is 11.9 Å². The molecule has 8 heteroatoms. The third-order valence-corrected chi connectivity index (χ3v) is 4.60. The quantitative estimate of drug-likeness (QED) is 0.789. The molecular weight excluding hydrogens is 312 g/mol. The Bertz CT molecular complexity index is 827. The van der Waals surface area contributed by atoms with E-state index in [1.165, 1.54) is 11.3 Å². The zero-order valence-corrected chi connectivity index (χ0v) is 13.0. The summed E-state index contributed by atoms with van der Waals surface area (Å²) in [7, 11) is 0. The number of amides is 1. The number of aromatic nitrogens is 5. The van der Waals surface area contributed by atoms with Gasteiger partial charge in [-0.15, -0.1) is 11.3 Å². The first-order valence-corrected chi connectivity index (χ1v) is 8.21. The van der Waals surface area contributed by atoms with Crippen LogP contribution in [0.15, 0.2) is 36.2 Å². The van der Waals surface area contributed by atoms with Crippen LogP contribution < -0.4 is 5.32 Å². The Morgan fingerprint density at radius 1 is 1.26 bits per heavy atom. The number of nitrogens with zero attached hydrogens (tertiary/aromatic N) is 5. The molecule has 0 aromatic carbocycles. The van der Waals surface area contributed by atoms with Crippen LogP contribution in [0, 0.1) is 0 Å². The third kappa shape index (κ3) is 2.85. The Morgan fingerprint density at radius 3 is 3.00 bits per heavy atom. The van der Waals surface area contributed by atoms with Crippen LogP contribution in [0.25, 0.3) is 10.8 Å². The topological polar surface area (TPSA) is 85.6 Å². The molecule has 0 saturated carbocycles. The van der Waals surface area contributed by atoms with Crippen molar-refractivity contribution in [1.82, 2.24) is 29.8 Å². The van der Waals surface area contributed by atoms with E-state index in [1.54, 1.807) is 30.0 Å². The van der Waals surface area contributed by atoms with Crippen LogP contribution in [-0.4, -0.2) is 36.5 Å². The van der Waals surface area contributed by atoms with Gasteiger partial charge in [-0.2, -0.15) is 0 Å². The number of nitrogens with one attached hydrogen (secondary N) is 1. The van der Waals surface area contributed by atoms with Gasteiger partial charge in [-0.3, -0.25) is 4.79 Å². The molecule has 1 amide bonds. The van der Waals surface area contributed by atoms with Crippen molar-refractivity contribution in [2.75, 3.05) is 0 Å². The van der Waals surface area contributed by atoms with Gasteiger partial charge in [0, 0.05) is 49.2 Å². The number of carbonyl (C=O) groups excluding carboxylic acids is 1. The molecule has 1 aliphatic rings.